The number of H-pyrrole nitrogens is 1. The van der Waals surface area contributed by atoms with Crippen molar-refractivity contribution in [2.75, 3.05) is 6.54 Å². The van der Waals surface area contributed by atoms with Crippen LogP contribution in [0.2, 0.25) is 0 Å². The van der Waals surface area contributed by atoms with Crippen LogP contribution in [0, 0.1) is 0 Å². The van der Waals surface area contributed by atoms with E-state index in [-0.39, 0.29) is 12.3 Å². The van der Waals surface area contributed by atoms with Gasteiger partial charge in [0, 0.05) is 36.1 Å². The molecule has 8 heteroatoms. The van der Waals surface area contributed by atoms with Crippen molar-refractivity contribution < 1.29 is 18.8 Å². The zero-order chi connectivity index (χ0) is 21.3. The van der Waals surface area contributed by atoms with Gasteiger partial charge in [0.2, 0.25) is 17.2 Å². The number of unbranched alkanes of at least 4 members (excludes halogenated alkanes) is 3. The normalized spacial score (nSPS) is 12.4. The molecule has 0 bridgehead atoms. The molecular weight excluding hydrogens is 402 g/mol. The van der Waals surface area contributed by atoms with E-state index in [0.717, 1.165) is 47.0 Å². The van der Waals surface area contributed by atoms with E-state index < -0.39 is 11.3 Å². The number of hydrogen-bond acceptors (Lipinski definition) is 3. The number of rotatable bonds is 11. The molecule has 1 heterocycles. The van der Waals surface area contributed by atoms with Crippen molar-refractivity contribution in [2.24, 2.45) is 0 Å². The number of hydrogen-bond donors (Lipinski definition) is 4. The van der Waals surface area contributed by atoms with Crippen molar-refractivity contribution in [3.8, 4) is 11.3 Å². The zero-order valence-electron chi connectivity index (χ0n) is 16.7. The summed E-state index contributed by atoms with van der Waals surface area (Å²) in [4.78, 5) is 14.4. The van der Waals surface area contributed by atoms with Gasteiger partial charge in [0.25, 0.3) is 0 Å². The molecule has 3 rings (SSSR count). The molecule has 3 aromatic rings. The fraction of sp³-hybridized carbons (Fsp3) is 0.318. The molecule has 0 saturated carbocycles. The molecule has 0 aliphatic rings. The Balaban J connectivity index is 1.51. The number of aromatic nitrogens is 1. The third-order valence-corrected chi connectivity index (χ3v) is 5.81. The molecule has 1 aromatic heterocycles. The van der Waals surface area contributed by atoms with E-state index in [4.69, 9.17) is 5.21 Å². The number of benzene rings is 2. The van der Waals surface area contributed by atoms with E-state index in [1.54, 1.807) is 5.48 Å². The predicted molar refractivity (Wildman–Crippen MR) is 118 cm³/mol. The molecule has 1 unspecified atom stereocenters. The van der Waals surface area contributed by atoms with Gasteiger partial charge in [-0.2, -0.15) is 4.31 Å². The van der Waals surface area contributed by atoms with Crippen molar-refractivity contribution in [3.63, 3.8) is 0 Å². The Kier molecular flexibility index (Phi) is 8.15. The summed E-state index contributed by atoms with van der Waals surface area (Å²) in [5, 5.41) is 9.62. The molecule has 0 spiro atoms. The van der Waals surface area contributed by atoms with E-state index in [9.17, 15) is 13.6 Å². The van der Waals surface area contributed by atoms with Crippen LogP contribution in [-0.4, -0.2) is 35.7 Å². The highest BCUT2D eigenvalue weighted by Crippen LogP contribution is 2.24. The molecule has 0 aliphatic carbocycles. The maximum atomic E-state index is 11.7. The Morgan fingerprint density at radius 1 is 1.03 bits per heavy atom. The van der Waals surface area contributed by atoms with Crippen LogP contribution in [0.15, 0.2) is 54.6 Å². The Bertz CT molecular complexity index is 954. The third kappa shape index (κ3) is 6.24. The lowest BCUT2D eigenvalue weighted by molar-refractivity contribution is -0.129. The lowest BCUT2D eigenvalue weighted by Crippen LogP contribution is -2.26. The lowest BCUT2D eigenvalue weighted by atomic mass is 10.1. The molecule has 0 aliphatic heterocycles. The number of fused-ring (bicyclic) bond motifs is 1. The van der Waals surface area contributed by atoms with Crippen LogP contribution in [0.5, 0.6) is 0 Å². The largest absolute Gasteiger partial charge is 0.355 e. The van der Waals surface area contributed by atoms with E-state index in [1.165, 1.54) is 4.31 Å². The average molecular weight is 430 g/mol. The summed E-state index contributed by atoms with van der Waals surface area (Å²) in [7, 11) is 0. The maximum absolute atomic E-state index is 11.7. The topological polar surface area (TPSA) is 106 Å². The minimum absolute atomic E-state index is 0.287. The fourth-order valence-electron chi connectivity index (χ4n) is 3.42. The molecule has 1 amide bonds. The number of amides is 1. The molecule has 2 aromatic carbocycles. The van der Waals surface area contributed by atoms with Crippen LogP contribution in [-0.2, 0) is 22.6 Å². The van der Waals surface area contributed by atoms with Crippen molar-refractivity contribution in [3.05, 3.63) is 60.2 Å². The highest BCUT2D eigenvalue weighted by molar-refractivity contribution is 7.76. The van der Waals surface area contributed by atoms with Crippen LogP contribution in [0.4, 0.5) is 0 Å². The van der Waals surface area contributed by atoms with Crippen molar-refractivity contribution in [1.82, 2.24) is 14.8 Å². The summed E-state index contributed by atoms with van der Waals surface area (Å²) >= 11 is -2.04. The summed E-state index contributed by atoms with van der Waals surface area (Å²) in [5.41, 5.74) is 5.79. The number of carbonyl (C=O) groups excluding carboxylic acids is 1. The monoisotopic (exact) mass is 429 g/mol. The van der Waals surface area contributed by atoms with Gasteiger partial charge in [-0.05, 0) is 36.1 Å². The summed E-state index contributed by atoms with van der Waals surface area (Å²) in [6.07, 6.45) is 3.42. The number of carbonyl (C=O) groups is 1. The molecule has 4 N–H and O–H groups in total. The second-order valence-corrected chi connectivity index (χ2v) is 8.24. The highest BCUT2D eigenvalue weighted by Gasteiger charge is 2.12. The van der Waals surface area contributed by atoms with E-state index in [2.05, 4.69) is 17.1 Å². The van der Waals surface area contributed by atoms with Crippen LogP contribution in [0.3, 0.4) is 0 Å². The molecule has 0 fully saturated rings. The van der Waals surface area contributed by atoms with Gasteiger partial charge >= 0.3 is 0 Å². The first kappa shape index (κ1) is 22.2. The molecule has 0 radical (unpaired) electrons. The Morgan fingerprint density at radius 2 is 1.77 bits per heavy atom. The van der Waals surface area contributed by atoms with Crippen LogP contribution < -0.4 is 5.48 Å². The summed E-state index contributed by atoms with van der Waals surface area (Å²) < 4.78 is 22.8. The Morgan fingerprint density at radius 3 is 2.47 bits per heavy atom. The fourth-order valence-corrected chi connectivity index (χ4v) is 3.96. The summed E-state index contributed by atoms with van der Waals surface area (Å²) in [6, 6.07) is 18.2. The standard InChI is InChI=1S/C22H27N3O4S/c26-22(24-27)9-3-1-2-6-14-25(30(28)29)16-17-10-12-18(13-11-17)21-15-19-7-4-5-8-20(19)23-21/h4-5,7-8,10-13,15,23,27H,1-3,6,9,14,16H2,(H,24,26)(H,28,29). The van der Waals surface area contributed by atoms with Crippen LogP contribution in [0.1, 0.15) is 37.7 Å². The van der Waals surface area contributed by atoms with E-state index in [0.29, 0.717) is 19.5 Å². The van der Waals surface area contributed by atoms with Crippen molar-refractivity contribution in [1.29, 1.82) is 0 Å². The minimum Gasteiger partial charge on any atom is -0.355 e. The molecule has 160 valence electrons. The minimum atomic E-state index is -2.04. The summed E-state index contributed by atoms with van der Waals surface area (Å²) in [6.45, 7) is 0.891. The number of nitrogens with zero attached hydrogens (tertiary/aromatic N) is 1. The van der Waals surface area contributed by atoms with Crippen LogP contribution >= 0.6 is 0 Å². The van der Waals surface area contributed by atoms with Crippen LogP contribution in [0.25, 0.3) is 22.2 Å². The van der Waals surface area contributed by atoms with Gasteiger partial charge in [-0.1, -0.05) is 55.3 Å². The van der Waals surface area contributed by atoms with Gasteiger partial charge in [0.15, 0.2) is 0 Å². The maximum Gasteiger partial charge on any atom is 0.243 e. The molecule has 7 nitrogen and oxygen atoms in total. The SMILES string of the molecule is O=C(CCCCCCN(Cc1ccc(-c2cc3ccccc3[nH]2)cc1)S(=O)O)NO. The smallest absolute Gasteiger partial charge is 0.243 e. The first-order valence-corrected chi connectivity index (χ1v) is 11.1. The molecule has 1 atom stereocenters. The van der Waals surface area contributed by atoms with Gasteiger partial charge in [0.1, 0.15) is 0 Å². The zero-order valence-corrected chi connectivity index (χ0v) is 17.5. The van der Waals surface area contributed by atoms with Gasteiger partial charge in [0.05, 0.1) is 0 Å². The number of aromatic amines is 1. The summed E-state index contributed by atoms with van der Waals surface area (Å²) in [5.74, 6) is -0.385. The average Bonchev–Trinajstić information content (AvgIpc) is 3.19. The number of hydroxylamine groups is 1. The first-order valence-electron chi connectivity index (χ1n) is 10.0. The predicted octanol–water partition coefficient (Wildman–Crippen LogP) is 4.23. The Labute approximate surface area is 178 Å². The van der Waals surface area contributed by atoms with Gasteiger partial charge in [-0.25, -0.2) is 9.69 Å². The second kappa shape index (κ2) is 11.0. The van der Waals surface area contributed by atoms with Crippen molar-refractivity contribution >= 4 is 28.1 Å². The molecular formula is C22H27N3O4S. The van der Waals surface area contributed by atoms with Gasteiger partial charge < -0.3 is 4.98 Å². The second-order valence-electron chi connectivity index (χ2n) is 7.26. The highest BCUT2D eigenvalue weighted by atomic mass is 32.2. The van der Waals surface area contributed by atoms with Gasteiger partial charge in [-0.15, -0.1) is 0 Å². The quantitative estimate of drug-likeness (QED) is 0.158. The van der Waals surface area contributed by atoms with E-state index >= 15 is 0 Å². The molecule has 30 heavy (non-hydrogen) atoms. The van der Waals surface area contributed by atoms with Gasteiger partial charge in [-0.3, -0.25) is 14.6 Å². The van der Waals surface area contributed by atoms with E-state index in [1.807, 2.05) is 42.5 Å². The first-order chi connectivity index (χ1) is 14.6. The third-order valence-electron chi connectivity index (χ3n) is 5.06. The Hall–Kier alpha value is -2.52. The number of para-hydroxylation sites is 1. The van der Waals surface area contributed by atoms with Crippen molar-refractivity contribution in [2.45, 2.75) is 38.6 Å². The number of nitrogens with one attached hydrogen (secondary N) is 2. The lowest BCUT2D eigenvalue weighted by Gasteiger charge is -2.17. The molecule has 0 saturated heterocycles.